The number of hydrogen-bond acceptors (Lipinski definition) is 1. The molecule has 0 saturated heterocycles. The predicted octanol–water partition coefficient (Wildman–Crippen LogP) is 4.33. The summed E-state index contributed by atoms with van der Waals surface area (Å²) in [5, 5.41) is 4.94. The molecule has 112 valence electrons. The molecule has 2 nitrogen and oxygen atoms in total. The normalized spacial score (nSPS) is 10.9. The molecule has 0 radical (unpaired) electrons. The Kier molecular flexibility index (Phi) is 7.31. The summed E-state index contributed by atoms with van der Waals surface area (Å²) in [6.07, 6.45) is 0. The van der Waals surface area contributed by atoms with E-state index in [2.05, 4.69) is 37.9 Å². The third-order valence-corrected chi connectivity index (χ3v) is 3.47. The lowest BCUT2D eigenvalue weighted by Crippen LogP contribution is -2.43. The zero-order chi connectivity index (χ0) is 15.1. The van der Waals surface area contributed by atoms with Gasteiger partial charge in [0.25, 0.3) is 0 Å². The van der Waals surface area contributed by atoms with E-state index in [9.17, 15) is 0 Å². The average molecular weight is 313 g/mol. The van der Waals surface area contributed by atoms with Gasteiger partial charge >= 0.3 is 0 Å². The maximum atomic E-state index is 5.88. The topological polar surface area (TPSA) is 15.3 Å². The van der Waals surface area contributed by atoms with Crippen molar-refractivity contribution in [1.29, 1.82) is 0 Å². The molecule has 0 unspecified atom stereocenters. The first-order valence-corrected chi connectivity index (χ1v) is 7.94. The Labute approximate surface area is 133 Å². The van der Waals surface area contributed by atoms with Gasteiger partial charge in [-0.25, -0.2) is 0 Å². The highest BCUT2D eigenvalue weighted by Gasteiger charge is 2.12. The van der Waals surface area contributed by atoms with Crippen LogP contribution in [0.3, 0.4) is 0 Å². The number of benzene rings is 1. The van der Waals surface area contributed by atoms with Gasteiger partial charge in [-0.2, -0.15) is 0 Å². The van der Waals surface area contributed by atoms with E-state index in [1.165, 1.54) is 5.56 Å². The quantitative estimate of drug-likeness (QED) is 0.787. The zero-order valence-corrected chi connectivity index (χ0v) is 14.4. The summed E-state index contributed by atoms with van der Waals surface area (Å²) in [6, 6.07) is 7.85. The van der Waals surface area contributed by atoms with Gasteiger partial charge in [-0.3, -0.25) is 0 Å². The van der Waals surface area contributed by atoms with Gasteiger partial charge in [0.15, 0.2) is 5.11 Å². The molecule has 0 bridgehead atoms. The first-order chi connectivity index (χ1) is 9.38. The molecule has 0 spiro atoms. The summed E-state index contributed by atoms with van der Waals surface area (Å²) >= 11 is 11.4. The maximum Gasteiger partial charge on any atom is 0.169 e. The number of halogens is 1. The van der Waals surface area contributed by atoms with Crippen molar-refractivity contribution in [1.82, 2.24) is 10.2 Å². The van der Waals surface area contributed by atoms with Crippen LogP contribution in [0.15, 0.2) is 24.3 Å². The Morgan fingerprint density at radius 2 is 1.60 bits per heavy atom. The van der Waals surface area contributed by atoms with Crippen LogP contribution >= 0.6 is 23.8 Å². The standard InChI is InChI=1S/C16H25ClN2S/c1-12(2)10-19(11-13(3)4)16(20)18-9-14-5-7-15(17)8-6-14/h5-8,12-13H,9-11H2,1-4H3,(H,18,20). The predicted molar refractivity (Wildman–Crippen MR) is 92.1 cm³/mol. The Balaban J connectivity index is 2.54. The number of nitrogens with one attached hydrogen (secondary N) is 1. The maximum absolute atomic E-state index is 5.88. The summed E-state index contributed by atoms with van der Waals surface area (Å²) in [5.74, 6) is 1.20. The van der Waals surface area contributed by atoms with Gasteiger partial charge in [0.1, 0.15) is 0 Å². The van der Waals surface area contributed by atoms with Crippen LogP contribution in [0.1, 0.15) is 33.3 Å². The van der Waals surface area contributed by atoms with Gasteiger partial charge in [0, 0.05) is 24.7 Å². The van der Waals surface area contributed by atoms with Crippen molar-refractivity contribution in [2.45, 2.75) is 34.2 Å². The first-order valence-electron chi connectivity index (χ1n) is 7.15. The SMILES string of the molecule is CC(C)CN(CC(C)C)C(=S)NCc1ccc(Cl)cc1. The lowest BCUT2D eigenvalue weighted by atomic mass is 10.1. The molecule has 0 aliphatic heterocycles. The molecule has 4 heteroatoms. The molecular weight excluding hydrogens is 288 g/mol. The minimum absolute atomic E-state index is 0.601. The number of rotatable bonds is 6. The van der Waals surface area contributed by atoms with Crippen LogP contribution in [0.25, 0.3) is 0 Å². The fourth-order valence-electron chi connectivity index (χ4n) is 2.01. The molecule has 0 fully saturated rings. The monoisotopic (exact) mass is 312 g/mol. The van der Waals surface area contributed by atoms with Gasteiger partial charge in [-0.15, -0.1) is 0 Å². The largest absolute Gasteiger partial charge is 0.358 e. The molecule has 1 aromatic rings. The van der Waals surface area contributed by atoms with E-state index in [-0.39, 0.29) is 0 Å². The van der Waals surface area contributed by atoms with Crippen molar-refractivity contribution >= 4 is 28.9 Å². The number of thiocarbonyl (C=S) groups is 1. The van der Waals surface area contributed by atoms with Gasteiger partial charge in [-0.1, -0.05) is 51.4 Å². The molecule has 0 aromatic heterocycles. The summed E-state index contributed by atoms with van der Waals surface area (Å²) < 4.78 is 0. The molecular formula is C16H25ClN2S. The zero-order valence-electron chi connectivity index (χ0n) is 12.8. The van der Waals surface area contributed by atoms with E-state index in [0.717, 1.165) is 29.8 Å². The molecule has 0 atom stereocenters. The first kappa shape index (κ1) is 17.3. The van der Waals surface area contributed by atoms with Crippen LogP contribution in [0.2, 0.25) is 5.02 Å². The van der Waals surface area contributed by atoms with Crippen LogP contribution in [-0.4, -0.2) is 23.1 Å². The van der Waals surface area contributed by atoms with Crippen molar-refractivity contribution in [3.05, 3.63) is 34.9 Å². The Morgan fingerprint density at radius 1 is 1.10 bits per heavy atom. The number of nitrogens with zero attached hydrogens (tertiary/aromatic N) is 1. The second-order valence-corrected chi connectivity index (χ2v) is 6.80. The average Bonchev–Trinajstić information content (AvgIpc) is 2.36. The van der Waals surface area contributed by atoms with Crippen molar-refractivity contribution in [3.63, 3.8) is 0 Å². The second-order valence-electron chi connectivity index (χ2n) is 5.98. The van der Waals surface area contributed by atoms with Crippen molar-refractivity contribution < 1.29 is 0 Å². The third kappa shape index (κ3) is 6.58. The van der Waals surface area contributed by atoms with Gasteiger partial charge in [0.05, 0.1) is 0 Å². The van der Waals surface area contributed by atoms with Crippen LogP contribution in [0.5, 0.6) is 0 Å². The van der Waals surface area contributed by atoms with Gasteiger partial charge < -0.3 is 10.2 Å². The highest BCUT2D eigenvalue weighted by molar-refractivity contribution is 7.80. The molecule has 1 rings (SSSR count). The van der Waals surface area contributed by atoms with Gasteiger partial charge in [0.2, 0.25) is 0 Å². The summed E-state index contributed by atoms with van der Waals surface area (Å²) in [6.45, 7) is 11.6. The fraction of sp³-hybridized carbons (Fsp3) is 0.562. The second kappa shape index (κ2) is 8.48. The molecule has 0 aliphatic carbocycles. The molecule has 1 N–H and O–H groups in total. The highest BCUT2D eigenvalue weighted by atomic mass is 35.5. The molecule has 20 heavy (non-hydrogen) atoms. The van der Waals surface area contributed by atoms with Crippen LogP contribution in [0, 0.1) is 11.8 Å². The molecule has 1 aromatic carbocycles. The lowest BCUT2D eigenvalue weighted by molar-refractivity contribution is 0.324. The molecule has 0 amide bonds. The minimum Gasteiger partial charge on any atom is -0.358 e. The Bertz CT molecular complexity index is 405. The minimum atomic E-state index is 0.601. The highest BCUT2D eigenvalue weighted by Crippen LogP contribution is 2.10. The van der Waals surface area contributed by atoms with E-state index < -0.39 is 0 Å². The van der Waals surface area contributed by atoms with E-state index in [1.54, 1.807) is 0 Å². The van der Waals surface area contributed by atoms with Crippen molar-refractivity contribution in [3.8, 4) is 0 Å². The summed E-state index contributed by atoms with van der Waals surface area (Å²) in [5.41, 5.74) is 1.19. The summed E-state index contributed by atoms with van der Waals surface area (Å²) in [4.78, 5) is 2.26. The summed E-state index contributed by atoms with van der Waals surface area (Å²) in [7, 11) is 0. The lowest BCUT2D eigenvalue weighted by Gasteiger charge is -2.29. The van der Waals surface area contributed by atoms with E-state index in [0.29, 0.717) is 11.8 Å². The smallest absolute Gasteiger partial charge is 0.169 e. The Morgan fingerprint density at radius 3 is 2.05 bits per heavy atom. The molecule has 0 heterocycles. The van der Waals surface area contributed by atoms with Crippen molar-refractivity contribution in [2.24, 2.45) is 11.8 Å². The fourth-order valence-corrected chi connectivity index (χ4v) is 2.36. The van der Waals surface area contributed by atoms with Gasteiger partial charge in [-0.05, 0) is 41.7 Å². The van der Waals surface area contributed by atoms with Crippen LogP contribution in [0.4, 0.5) is 0 Å². The van der Waals surface area contributed by atoms with E-state index in [1.807, 2.05) is 24.3 Å². The van der Waals surface area contributed by atoms with Crippen LogP contribution < -0.4 is 5.32 Å². The third-order valence-electron chi connectivity index (χ3n) is 2.82. The van der Waals surface area contributed by atoms with E-state index in [4.69, 9.17) is 23.8 Å². The molecule has 0 saturated carbocycles. The number of hydrogen-bond donors (Lipinski definition) is 1. The van der Waals surface area contributed by atoms with Crippen molar-refractivity contribution in [2.75, 3.05) is 13.1 Å². The molecule has 0 aliphatic rings. The van der Waals surface area contributed by atoms with Crippen LogP contribution in [-0.2, 0) is 6.54 Å². The Hall–Kier alpha value is -0.800. The van der Waals surface area contributed by atoms with E-state index >= 15 is 0 Å².